The molecule has 3 aromatic carbocycles. The maximum atomic E-state index is 13.7. The summed E-state index contributed by atoms with van der Waals surface area (Å²) in [5.74, 6) is -0.696. The number of sulfonamides is 1. The fourth-order valence-corrected chi connectivity index (χ4v) is 5.26. The first-order valence-electron chi connectivity index (χ1n) is 11.2. The van der Waals surface area contributed by atoms with Gasteiger partial charge in [0.1, 0.15) is 23.3 Å². The number of amides is 1. The first kappa shape index (κ1) is 24.8. The molecule has 3 aromatic rings. The number of carbonyl (C=O) groups excluding carboxylic acids is 1. The Bertz CT molecular complexity index is 1330. The summed E-state index contributed by atoms with van der Waals surface area (Å²) in [6.07, 6.45) is -0.626. The standard InChI is InChI=1S/C26H27FN2O5S/c1-26(2)24(30)23(29-35(32,33)20-10-6-9-19(27)16-20)21-15-18(11-12-22(21)34-26)25(31)28-14-13-17-7-4-3-5-8-17/h3-12,15-16,23-24,29-30H,13-14H2,1-2H3,(H,28,31)/t23-,24+/m1/s1. The molecule has 7 nitrogen and oxygen atoms in total. The molecule has 0 spiro atoms. The van der Waals surface area contributed by atoms with E-state index in [1.165, 1.54) is 18.2 Å². The molecule has 0 radical (unpaired) electrons. The first-order chi connectivity index (χ1) is 16.6. The van der Waals surface area contributed by atoms with Crippen molar-refractivity contribution >= 4 is 15.9 Å². The summed E-state index contributed by atoms with van der Waals surface area (Å²) in [6, 6.07) is 17.9. The quantitative estimate of drug-likeness (QED) is 0.464. The molecule has 0 bridgehead atoms. The lowest BCUT2D eigenvalue weighted by molar-refractivity contribution is -0.0603. The smallest absolute Gasteiger partial charge is 0.251 e. The van der Waals surface area contributed by atoms with Crippen molar-refractivity contribution in [3.8, 4) is 5.75 Å². The lowest BCUT2D eigenvalue weighted by atomic mass is 9.86. The molecule has 3 N–H and O–H groups in total. The molecule has 184 valence electrons. The summed E-state index contributed by atoms with van der Waals surface area (Å²) < 4.78 is 48.0. The summed E-state index contributed by atoms with van der Waals surface area (Å²) in [6.45, 7) is 3.68. The predicted molar refractivity (Wildman–Crippen MR) is 129 cm³/mol. The van der Waals surface area contributed by atoms with E-state index in [9.17, 15) is 22.7 Å². The van der Waals surface area contributed by atoms with Crippen molar-refractivity contribution in [3.63, 3.8) is 0 Å². The van der Waals surface area contributed by atoms with Crippen LogP contribution in [0.25, 0.3) is 0 Å². The number of halogens is 1. The molecule has 0 saturated heterocycles. The minimum atomic E-state index is -4.19. The van der Waals surface area contributed by atoms with E-state index in [-0.39, 0.29) is 10.8 Å². The lowest BCUT2D eigenvalue weighted by Crippen LogP contribution is -2.53. The topological polar surface area (TPSA) is 105 Å². The van der Waals surface area contributed by atoms with Crippen LogP contribution in [-0.2, 0) is 16.4 Å². The van der Waals surface area contributed by atoms with Crippen LogP contribution < -0.4 is 14.8 Å². The maximum absolute atomic E-state index is 13.7. The second kappa shape index (κ2) is 9.77. The van der Waals surface area contributed by atoms with Crippen molar-refractivity contribution in [1.82, 2.24) is 10.0 Å². The predicted octanol–water partition coefficient (Wildman–Crippen LogP) is 3.35. The fourth-order valence-electron chi connectivity index (χ4n) is 4.01. The number of hydrogen-bond donors (Lipinski definition) is 3. The van der Waals surface area contributed by atoms with E-state index in [0.29, 0.717) is 29.8 Å². The Hall–Kier alpha value is -3.27. The average molecular weight is 499 g/mol. The summed E-state index contributed by atoms with van der Waals surface area (Å²) >= 11 is 0. The molecule has 35 heavy (non-hydrogen) atoms. The first-order valence-corrected chi connectivity index (χ1v) is 12.7. The van der Waals surface area contributed by atoms with Gasteiger partial charge in [-0.3, -0.25) is 4.79 Å². The Morgan fingerprint density at radius 1 is 1.06 bits per heavy atom. The number of ether oxygens (including phenoxy) is 1. The number of aliphatic hydroxyl groups is 1. The zero-order valence-electron chi connectivity index (χ0n) is 19.4. The SMILES string of the molecule is CC1(C)Oc2ccc(C(=O)NCCc3ccccc3)cc2[C@@H](NS(=O)(=O)c2cccc(F)c2)[C@@H]1O. The van der Waals surface area contributed by atoms with E-state index in [1.54, 1.807) is 26.0 Å². The van der Waals surface area contributed by atoms with Gasteiger partial charge in [0.15, 0.2) is 0 Å². The van der Waals surface area contributed by atoms with E-state index in [2.05, 4.69) is 10.0 Å². The van der Waals surface area contributed by atoms with E-state index in [1.807, 2.05) is 30.3 Å². The molecule has 0 aliphatic carbocycles. The zero-order valence-corrected chi connectivity index (χ0v) is 20.2. The van der Waals surface area contributed by atoms with Gasteiger partial charge in [0, 0.05) is 17.7 Å². The molecular weight excluding hydrogens is 471 g/mol. The molecule has 0 unspecified atom stereocenters. The number of fused-ring (bicyclic) bond motifs is 1. The van der Waals surface area contributed by atoms with E-state index in [4.69, 9.17) is 4.74 Å². The molecule has 2 atom stereocenters. The van der Waals surface area contributed by atoms with Crippen LogP contribution in [0.4, 0.5) is 4.39 Å². The highest BCUT2D eigenvalue weighted by Gasteiger charge is 2.44. The minimum absolute atomic E-state index is 0.273. The maximum Gasteiger partial charge on any atom is 0.251 e. The largest absolute Gasteiger partial charge is 0.485 e. The molecule has 0 aromatic heterocycles. The fraction of sp³-hybridized carbons (Fsp3) is 0.269. The van der Waals surface area contributed by atoms with Crippen LogP contribution in [0.15, 0.2) is 77.7 Å². The van der Waals surface area contributed by atoms with Crippen molar-refractivity contribution in [2.24, 2.45) is 0 Å². The molecular formula is C26H27FN2O5S. The Kier molecular flexibility index (Phi) is 6.93. The normalized spacial score (nSPS) is 18.9. The van der Waals surface area contributed by atoms with Gasteiger partial charge in [-0.2, -0.15) is 0 Å². The summed E-state index contributed by atoms with van der Waals surface area (Å²) in [5, 5.41) is 13.8. The molecule has 0 saturated carbocycles. The van der Waals surface area contributed by atoms with Crippen LogP contribution in [0.5, 0.6) is 5.75 Å². The zero-order chi connectivity index (χ0) is 25.2. The Balaban J connectivity index is 1.59. The second-order valence-corrected chi connectivity index (χ2v) is 10.7. The van der Waals surface area contributed by atoms with Crippen LogP contribution in [0.2, 0.25) is 0 Å². The lowest BCUT2D eigenvalue weighted by Gasteiger charge is -2.42. The third kappa shape index (κ3) is 5.53. The highest BCUT2D eigenvalue weighted by Crippen LogP contribution is 2.41. The molecule has 4 rings (SSSR count). The van der Waals surface area contributed by atoms with Gasteiger partial charge in [-0.15, -0.1) is 0 Å². The summed E-state index contributed by atoms with van der Waals surface area (Å²) in [4.78, 5) is 12.5. The van der Waals surface area contributed by atoms with Gasteiger partial charge in [-0.25, -0.2) is 17.5 Å². The van der Waals surface area contributed by atoms with Crippen LogP contribution >= 0.6 is 0 Å². The van der Waals surface area contributed by atoms with Gasteiger partial charge >= 0.3 is 0 Å². The molecule has 1 amide bonds. The number of hydrogen-bond acceptors (Lipinski definition) is 5. The molecule has 1 aliphatic rings. The van der Waals surface area contributed by atoms with E-state index in [0.717, 1.165) is 17.7 Å². The highest BCUT2D eigenvalue weighted by atomic mass is 32.2. The number of nitrogens with one attached hydrogen (secondary N) is 2. The second-order valence-electron chi connectivity index (χ2n) is 8.95. The number of rotatable bonds is 7. The van der Waals surface area contributed by atoms with E-state index < -0.39 is 33.6 Å². The number of benzene rings is 3. The van der Waals surface area contributed by atoms with Crippen LogP contribution in [0.1, 0.15) is 41.4 Å². The van der Waals surface area contributed by atoms with Crippen molar-refractivity contribution in [2.45, 2.75) is 42.9 Å². The van der Waals surface area contributed by atoms with Crippen molar-refractivity contribution in [2.75, 3.05) is 6.54 Å². The van der Waals surface area contributed by atoms with Crippen LogP contribution in [0.3, 0.4) is 0 Å². The molecule has 1 heterocycles. The number of carbonyl (C=O) groups is 1. The average Bonchev–Trinajstić information content (AvgIpc) is 2.82. The van der Waals surface area contributed by atoms with Gasteiger partial charge in [-0.05, 0) is 62.2 Å². The number of aliphatic hydroxyl groups excluding tert-OH is 1. The summed E-state index contributed by atoms with van der Waals surface area (Å²) in [5.41, 5.74) is 0.570. The van der Waals surface area contributed by atoms with E-state index >= 15 is 0 Å². The monoisotopic (exact) mass is 498 g/mol. The van der Waals surface area contributed by atoms with Gasteiger partial charge in [0.2, 0.25) is 10.0 Å². The third-order valence-corrected chi connectivity index (χ3v) is 7.38. The van der Waals surface area contributed by atoms with Gasteiger partial charge in [0.25, 0.3) is 5.91 Å². The van der Waals surface area contributed by atoms with Gasteiger partial charge in [-0.1, -0.05) is 36.4 Å². The Morgan fingerprint density at radius 3 is 2.51 bits per heavy atom. The van der Waals surface area contributed by atoms with Crippen molar-refractivity contribution < 1.29 is 27.4 Å². The van der Waals surface area contributed by atoms with Crippen LogP contribution in [-0.4, -0.2) is 37.7 Å². The minimum Gasteiger partial charge on any atom is -0.485 e. The van der Waals surface area contributed by atoms with Crippen molar-refractivity contribution in [1.29, 1.82) is 0 Å². The van der Waals surface area contributed by atoms with Gasteiger partial charge in [0.05, 0.1) is 10.9 Å². The van der Waals surface area contributed by atoms with Crippen LogP contribution in [0, 0.1) is 5.82 Å². The highest BCUT2D eigenvalue weighted by molar-refractivity contribution is 7.89. The van der Waals surface area contributed by atoms with Crippen molar-refractivity contribution in [3.05, 3.63) is 95.3 Å². The summed E-state index contributed by atoms with van der Waals surface area (Å²) in [7, 11) is -4.19. The Labute approximate surface area is 204 Å². The third-order valence-electron chi connectivity index (χ3n) is 5.94. The molecule has 9 heteroatoms. The Morgan fingerprint density at radius 2 is 1.80 bits per heavy atom. The van der Waals surface area contributed by atoms with Gasteiger partial charge < -0.3 is 15.2 Å². The molecule has 0 fully saturated rings. The molecule has 1 aliphatic heterocycles.